The number of para-hydroxylation sites is 1. The van der Waals surface area contributed by atoms with Crippen molar-refractivity contribution in [1.29, 1.82) is 0 Å². The van der Waals surface area contributed by atoms with Gasteiger partial charge in [0.2, 0.25) is 0 Å². The van der Waals surface area contributed by atoms with Crippen LogP contribution in [-0.4, -0.2) is 14.1 Å². The Hall–Kier alpha value is -4.11. The van der Waals surface area contributed by atoms with Crippen LogP contribution in [0.4, 0.5) is 0 Å². The van der Waals surface area contributed by atoms with E-state index >= 15 is 0 Å². The van der Waals surface area contributed by atoms with Crippen LogP contribution >= 0.6 is 0 Å². The summed E-state index contributed by atoms with van der Waals surface area (Å²) in [4.78, 5) is 4.78. The predicted octanol–water partition coefficient (Wildman–Crippen LogP) is 8.38. The first-order valence-corrected chi connectivity index (χ1v) is 12.9. The lowest BCUT2D eigenvalue weighted by molar-refractivity contribution is 0.969. The number of hydrogen-bond donors (Lipinski definition) is 0. The Morgan fingerprint density at radius 1 is 0.694 bits per heavy atom. The predicted molar refractivity (Wildman–Crippen MR) is 152 cm³/mol. The SMILES string of the molecule is CCc1cccc(CC)c1-n1ccnc1-c1ccc(-n2c3ccc(C)cc3c3cc(C)ccc32)cc1. The Kier molecular flexibility index (Phi) is 5.49. The minimum Gasteiger partial charge on any atom is -0.309 e. The van der Waals surface area contributed by atoms with Crippen LogP contribution in [0, 0.1) is 13.8 Å². The lowest BCUT2D eigenvalue weighted by atomic mass is 10.0. The van der Waals surface area contributed by atoms with Gasteiger partial charge in [0.1, 0.15) is 5.82 Å². The molecular weight excluding hydrogens is 438 g/mol. The van der Waals surface area contributed by atoms with Crippen molar-refractivity contribution in [2.45, 2.75) is 40.5 Å². The maximum atomic E-state index is 4.78. The number of hydrogen-bond acceptors (Lipinski definition) is 1. The molecule has 2 heterocycles. The molecule has 0 saturated carbocycles. The Morgan fingerprint density at radius 2 is 1.28 bits per heavy atom. The van der Waals surface area contributed by atoms with E-state index in [1.807, 2.05) is 6.20 Å². The molecular formula is C33H31N3. The molecule has 0 aliphatic rings. The molecule has 3 heteroatoms. The van der Waals surface area contributed by atoms with E-state index in [2.05, 4.69) is 122 Å². The molecule has 4 aromatic carbocycles. The van der Waals surface area contributed by atoms with Crippen LogP contribution in [-0.2, 0) is 12.8 Å². The molecule has 2 aromatic heterocycles. The molecule has 36 heavy (non-hydrogen) atoms. The third-order valence-corrected chi connectivity index (χ3v) is 7.31. The number of imidazole rings is 1. The first kappa shape index (κ1) is 22.4. The molecule has 0 atom stereocenters. The van der Waals surface area contributed by atoms with E-state index in [-0.39, 0.29) is 0 Å². The van der Waals surface area contributed by atoms with Gasteiger partial charge in [-0.1, -0.05) is 55.3 Å². The summed E-state index contributed by atoms with van der Waals surface area (Å²) < 4.78 is 4.64. The van der Waals surface area contributed by atoms with Crippen LogP contribution in [0.2, 0.25) is 0 Å². The third kappa shape index (κ3) is 3.54. The molecule has 0 N–H and O–H groups in total. The Bertz CT molecular complexity index is 1630. The van der Waals surface area contributed by atoms with Crippen molar-refractivity contribution in [3.05, 3.63) is 114 Å². The third-order valence-electron chi connectivity index (χ3n) is 7.31. The maximum Gasteiger partial charge on any atom is 0.144 e. The number of nitrogens with zero attached hydrogens (tertiary/aromatic N) is 3. The maximum absolute atomic E-state index is 4.78. The fraction of sp³-hybridized carbons (Fsp3) is 0.182. The summed E-state index contributed by atoms with van der Waals surface area (Å²) in [5, 5.41) is 2.60. The van der Waals surface area contributed by atoms with Gasteiger partial charge < -0.3 is 4.57 Å². The van der Waals surface area contributed by atoms with E-state index in [1.54, 1.807) is 0 Å². The second-order valence-corrected chi connectivity index (χ2v) is 9.68. The van der Waals surface area contributed by atoms with E-state index < -0.39 is 0 Å². The summed E-state index contributed by atoms with van der Waals surface area (Å²) in [7, 11) is 0. The summed E-state index contributed by atoms with van der Waals surface area (Å²) in [5.41, 5.74) is 11.3. The van der Waals surface area contributed by atoms with Gasteiger partial charge in [-0.15, -0.1) is 0 Å². The van der Waals surface area contributed by atoms with E-state index in [1.165, 1.54) is 49.7 Å². The van der Waals surface area contributed by atoms with Gasteiger partial charge >= 0.3 is 0 Å². The quantitative estimate of drug-likeness (QED) is 0.249. The molecule has 0 aliphatic carbocycles. The van der Waals surface area contributed by atoms with Crippen molar-refractivity contribution >= 4 is 21.8 Å². The molecule has 0 spiro atoms. The van der Waals surface area contributed by atoms with Crippen molar-refractivity contribution in [3.63, 3.8) is 0 Å². The Balaban J connectivity index is 1.49. The lowest BCUT2D eigenvalue weighted by Gasteiger charge is -2.17. The minimum absolute atomic E-state index is 0.977. The van der Waals surface area contributed by atoms with Gasteiger partial charge in [0.25, 0.3) is 0 Å². The molecule has 0 fully saturated rings. The summed E-state index contributed by atoms with van der Waals surface area (Å²) in [6.45, 7) is 8.77. The van der Waals surface area contributed by atoms with Crippen LogP contribution in [0.15, 0.2) is 91.3 Å². The van der Waals surface area contributed by atoms with E-state index in [0.29, 0.717) is 0 Å². The molecule has 0 amide bonds. The van der Waals surface area contributed by atoms with Crippen molar-refractivity contribution in [1.82, 2.24) is 14.1 Å². The first-order valence-electron chi connectivity index (χ1n) is 12.9. The highest BCUT2D eigenvalue weighted by Gasteiger charge is 2.16. The van der Waals surface area contributed by atoms with Gasteiger partial charge in [-0.05, 0) is 86.3 Å². The van der Waals surface area contributed by atoms with Crippen molar-refractivity contribution < 1.29 is 0 Å². The molecule has 3 nitrogen and oxygen atoms in total. The first-order chi connectivity index (χ1) is 17.6. The number of rotatable bonds is 5. The second kappa shape index (κ2) is 8.83. The van der Waals surface area contributed by atoms with Gasteiger partial charge in [0.05, 0.1) is 16.7 Å². The van der Waals surface area contributed by atoms with Crippen LogP contribution in [0.1, 0.15) is 36.1 Å². The average molecular weight is 470 g/mol. The minimum atomic E-state index is 0.977. The average Bonchev–Trinajstić information content (AvgIpc) is 3.51. The van der Waals surface area contributed by atoms with E-state index in [4.69, 9.17) is 4.98 Å². The van der Waals surface area contributed by atoms with Gasteiger partial charge in [0.15, 0.2) is 0 Å². The zero-order chi connectivity index (χ0) is 24.8. The van der Waals surface area contributed by atoms with Crippen molar-refractivity contribution in [3.8, 4) is 22.8 Å². The molecule has 0 radical (unpaired) electrons. The fourth-order valence-electron chi connectivity index (χ4n) is 5.51. The standard InChI is InChI=1S/C33H31N3/c1-5-24-8-7-9-25(6-2)32(24)35-19-18-34-33(35)26-12-14-27(15-13-26)36-30-16-10-22(3)20-28(30)29-21-23(4)11-17-31(29)36/h7-21H,5-6H2,1-4H3. The molecule has 178 valence electrons. The molecule has 6 rings (SSSR count). The highest BCUT2D eigenvalue weighted by atomic mass is 15.1. The second-order valence-electron chi connectivity index (χ2n) is 9.68. The number of aryl methyl sites for hydroxylation is 4. The molecule has 6 aromatic rings. The van der Waals surface area contributed by atoms with Crippen LogP contribution in [0.3, 0.4) is 0 Å². The van der Waals surface area contributed by atoms with E-state index in [9.17, 15) is 0 Å². The number of benzene rings is 4. The van der Waals surface area contributed by atoms with Crippen molar-refractivity contribution in [2.75, 3.05) is 0 Å². The van der Waals surface area contributed by atoms with Gasteiger partial charge in [0, 0.05) is 34.4 Å². The Morgan fingerprint density at radius 3 is 1.83 bits per heavy atom. The largest absolute Gasteiger partial charge is 0.309 e. The summed E-state index contributed by atoms with van der Waals surface area (Å²) in [5.74, 6) is 0.977. The van der Waals surface area contributed by atoms with Crippen LogP contribution in [0.25, 0.3) is 44.6 Å². The van der Waals surface area contributed by atoms with Gasteiger partial charge in [-0.25, -0.2) is 4.98 Å². The normalized spacial score (nSPS) is 11.6. The van der Waals surface area contributed by atoms with Gasteiger partial charge in [-0.2, -0.15) is 0 Å². The molecule has 0 bridgehead atoms. The van der Waals surface area contributed by atoms with Crippen molar-refractivity contribution in [2.24, 2.45) is 0 Å². The monoisotopic (exact) mass is 469 g/mol. The number of aromatic nitrogens is 3. The zero-order valence-electron chi connectivity index (χ0n) is 21.4. The topological polar surface area (TPSA) is 22.8 Å². The smallest absolute Gasteiger partial charge is 0.144 e. The highest BCUT2D eigenvalue weighted by Crippen LogP contribution is 2.34. The van der Waals surface area contributed by atoms with Crippen LogP contribution in [0.5, 0.6) is 0 Å². The summed E-state index contributed by atoms with van der Waals surface area (Å²) in [6.07, 6.45) is 5.99. The van der Waals surface area contributed by atoms with Gasteiger partial charge in [-0.3, -0.25) is 4.57 Å². The fourth-order valence-corrected chi connectivity index (χ4v) is 5.51. The zero-order valence-corrected chi connectivity index (χ0v) is 21.4. The molecule has 0 aliphatic heterocycles. The van der Waals surface area contributed by atoms with Crippen LogP contribution < -0.4 is 0 Å². The molecule has 0 saturated heterocycles. The lowest BCUT2D eigenvalue weighted by Crippen LogP contribution is -2.05. The number of fused-ring (bicyclic) bond motifs is 3. The summed E-state index contributed by atoms with van der Waals surface area (Å²) >= 11 is 0. The molecule has 0 unspecified atom stereocenters. The highest BCUT2D eigenvalue weighted by molar-refractivity contribution is 6.09. The Labute approximate surface area is 212 Å². The van der Waals surface area contributed by atoms with E-state index in [0.717, 1.165) is 29.9 Å². The summed E-state index contributed by atoms with van der Waals surface area (Å²) in [6, 6.07) is 29.0.